The summed E-state index contributed by atoms with van der Waals surface area (Å²) >= 11 is 0. The highest BCUT2D eigenvalue weighted by atomic mass is 19.4. The average Bonchev–Trinajstić information content (AvgIpc) is 2.68. The van der Waals surface area contributed by atoms with E-state index in [0.717, 1.165) is 41.2 Å². The van der Waals surface area contributed by atoms with Crippen molar-refractivity contribution in [3.05, 3.63) is 53.1 Å². The van der Waals surface area contributed by atoms with E-state index in [1.807, 2.05) is 44.7 Å². The van der Waals surface area contributed by atoms with E-state index >= 15 is 0 Å². The fourth-order valence-corrected chi connectivity index (χ4v) is 3.07. The zero-order valence-electron chi connectivity index (χ0n) is 17.7. The number of amides is 1. The maximum absolute atomic E-state index is 12.4. The largest absolute Gasteiger partial charge is 0.573 e. The van der Waals surface area contributed by atoms with Crippen LogP contribution in [0.3, 0.4) is 0 Å². The molecular formula is C22H28F3N3O2. The number of alkyl halides is 3. The first-order valence-electron chi connectivity index (χ1n) is 9.83. The second kappa shape index (κ2) is 10.3. The number of rotatable bonds is 9. The summed E-state index contributed by atoms with van der Waals surface area (Å²) in [7, 11) is 0. The number of likely N-dealkylation sites (N-methyl/N-ethyl adjacent to an activating group) is 1. The molecule has 30 heavy (non-hydrogen) atoms. The third-order valence-electron chi connectivity index (χ3n) is 4.84. The van der Waals surface area contributed by atoms with Gasteiger partial charge in [-0.1, -0.05) is 32.0 Å². The minimum absolute atomic E-state index is 0.0673. The van der Waals surface area contributed by atoms with Crippen LogP contribution >= 0.6 is 0 Å². The summed E-state index contributed by atoms with van der Waals surface area (Å²) in [5.74, 6) is -0.321. The van der Waals surface area contributed by atoms with E-state index in [-0.39, 0.29) is 11.7 Å². The standard InChI is InChI=1S/C22H28F3N3O2/c1-5-28(6-2)14-20(29)27-21-15(3)7-12-19(16(21)4)26-13-17-8-10-18(11-9-17)30-22(23,24)25/h7-12,26H,5-6,13-14H2,1-4H3,(H,27,29). The summed E-state index contributed by atoms with van der Waals surface area (Å²) in [6.07, 6.45) is -4.70. The van der Waals surface area contributed by atoms with Crippen LogP contribution in [0.25, 0.3) is 0 Å². The van der Waals surface area contributed by atoms with Gasteiger partial charge in [-0.25, -0.2) is 0 Å². The number of anilines is 2. The third kappa shape index (κ3) is 6.95. The Morgan fingerprint density at radius 2 is 1.67 bits per heavy atom. The predicted octanol–water partition coefficient (Wildman–Crippen LogP) is 5.09. The number of benzene rings is 2. The summed E-state index contributed by atoms with van der Waals surface area (Å²) in [6.45, 7) is 10.2. The fraction of sp³-hybridized carbons (Fsp3) is 0.409. The Balaban J connectivity index is 2.05. The first-order chi connectivity index (χ1) is 14.1. The van der Waals surface area contributed by atoms with Crippen molar-refractivity contribution < 1.29 is 22.7 Å². The molecule has 0 bridgehead atoms. The molecule has 0 saturated heterocycles. The van der Waals surface area contributed by atoms with E-state index in [1.165, 1.54) is 12.1 Å². The van der Waals surface area contributed by atoms with Gasteiger partial charge in [0.25, 0.3) is 0 Å². The van der Waals surface area contributed by atoms with Crippen molar-refractivity contribution in [2.45, 2.75) is 40.6 Å². The molecular weight excluding hydrogens is 395 g/mol. The van der Waals surface area contributed by atoms with Crippen LogP contribution in [-0.4, -0.2) is 36.8 Å². The van der Waals surface area contributed by atoms with Crippen molar-refractivity contribution in [3.8, 4) is 5.75 Å². The van der Waals surface area contributed by atoms with E-state index in [0.29, 0.717) is 13.1 Å². The summed E-state index contributed by atoms with van der Waals surface area (Å²) in [5, 5.41) is 6.28. The van der Waals surface area contributed by atoms with Gasteiger partial charge in [0.2, 0.25) is 5.91 Å². The third-order valence-corrected chi connectivity index (χ3v) is 4.84. The van der Waals surface area contributed by atoms with Gasteiger partial charge < -0.3 is 15.4 Å². The number of nitrogens with zero attached hydrogens (tertiary/aromatic N) is 1. The van der Waals surface area contributed by atoms with Crippen molar-refractivity contribution in [2.24, 2.45) is 0 Å². The molecule has 0 radical (unpaired) electrons. The van der Waals surface area contributed by atoms with Crippen LogP contribution in [0.4, 0.5) is 24.5 Å². The van der Waals surface area contributed by atoms with E-state index in [4.69, 9.17) is 0 Å². The van der Waals surface area contributed by atoms with Gasteiger partial charge in [-0.2, -0.15) is 0 Å². The second-order valence-electron chi connectivity index (χ2n) is 6.98. The zero-order chi connectivity index (χ0) is 22.3. The summed E-state index contributed by atoms with van der Waals surface area (Å²) in [4.78, 5) is 14.4. The van der Waals surface area contributed by atoms with Crippen molar-refractivity contribution in [1.29, 1.82) is 0 Å². The molecule has 1 amide bonds. The van der Waals surface area contributed by atoms with Gasteiger partial charge in [-0.15, -0.1) is 13.2 Å². The molecule has 0 aromatic heterocycles. The molecule has 5 nitrogen and oxygen atoms in total. The monoisotopic (exact) mass is 423 g/mol. The number of aryl methyl sites for hydroxylation is 1. The summed E-state index contributed by atoms with van der Waals surface area (Å²) < 4.78 is 40.7. The molecule has 0 unspecified atom stereocenters. The number of hydrogen-bond donors (Lipinski definition) is 2. The minimum Gasteiger partial charge on any atom is -0.406 e. The van der Waals surface area contributed by atoms with Crippen LogP contribution in [0.1, 0.15) is 30.5 Å². The normalized spacial score (nSPS) is 11.5. The lowest BCUT2D eigenvalue weighted by Gasteiger charge is -2.20. The molecule has 0 fully saturated rings. The molecule has 0 aliphatic heterocycles. The highest BCUT2D eigenvalue weighted by Gasteiger charge is 2.30. The van der Waals surface area contributed by atoms with E-state index < -0.39 is 6.36 Å². The Kier molecular flexibility index (Phi) is 8.11. The first-order valence-corrected chi connectivity index (χ1v) is 9.83. The van der Waals surface area contributed by atoms with Gasteiger partial charge in [-0.05, 0) is 61.8 Å². The van der Waals surface area contributed by atoms with Gasteiger partial charge in [0.05, 0.1) is 6.54 Å². The van der Waals surface area contributed by atoms with Crippen LogP contribution in [0, 0.1) is 13.8 Å². The summed E-state index contributed by atoms with van der Waals surface area (Å²) in [5.41, 5.74) is 4.27. The molecule has 8 heteroatoms. The van der Waals surface area contributed by atoms with E-state index in [1.54, 1.807) is 12.1 Å². The van der Waals surface area contributed by atoms with Crippen LogP contribution in [0.15, 0.2) is 36.4 Å². The van der Waals surface area contributed by atoms with E-state index in [2.05, 4.69) is 15.4 Å². The number of carbonyl (C=O) groups is 1. The number of hydrogen-bond acceptors (Lipinski definition) is 4. The molecule has 2 aromatic carbocycles. The lowest BCUT2D eigenvalue weighted by molar-refractivity contribution is -0.274. The number of ether oxygens (including phenoxy) is 1. The fourth-order valence-electron chi connectivity index (χ4n) is 3.07. The highest BCUT2D eigenvalue weighted by molar-refractivity contribution is 5.94. The highest BCUT2D eigenvalue weighted by Crippen LogP contribution is 2.28. The number of halogens is 3. The summed E-state index contributed by atoms with van der Waals surface area (Å²) in [6, 6.07) is 9.56. The van der Waals surface area contributed by atoms with Crippen LogP contribution in [-0.2, 0) is 11.3 Å². The molecule has 164 valence electrons. The van der Waals surface area contributed by atoms with Gasteiger partial charge in [0.1, 0.15) is 5.75 Å². The Bertz CT molecular complexity index is 848. The lowest BCUT2D eigenvalue weighted by atomic mass is 10.1. The van der Waals surface area contributed by atoms with Crippen molar-refractivity contribution in [1.82, 2.24) is 4.90 Å². The average molecular weight is 423 g/mol. The maximum atomic E-state index is 12.4. The Morgan fingerprint density at radius 3 is 2.23 bits per heavy atom. The Hall–Kier alpha value is -2.74. The molecule has 0 aliphatic carbocycles. The molecule has 0 atom stereocenters. The van der Waals surface area contributed by atoms with Crippen molar-refractivity contribution in [2.75, 3.05) is 30.3 Å². The van der Waals surface area contributed by atoms with Crippen molar-refractivity contribution in [3.63, 3.8) is 0 Å². The molecule has 0 heterocycles. The topological polar surface area (TPSA) is 53.6 Å². The predicted molar refractivity (Wildman–Crippen MR) is 113 cm³/mol. The van der Waals surface area contributed by atoms with Gasteiger partial charge in [0, 0.05) is 17.9 Å². The molecule has 0 saturated carbocycles. The molecule has 2 N–H and O–H groups in total. The first kappa shape index (κ1) is 23.5. The Morgan fingerprint density at radius 1 is 1.03 bits per heavy atom. The van der Waals surface area contributed by atoms with Gasteiger partial charge in [-0.3, -0.25) is 9.69 Å². The van der Waals surface area contributed by atoms with E-state index in [9.17, 15) is 18.0 Å². The zero-order valence-corrected chi connectivity index (χ0v) is 17.7. The van der Waals surface area contributed by atoms with Crippen LogP contribution < -0.4 is 15.4 Å². The Labute approximate surface area is 175 Å². The number of carbonyl (C=O) groups excluding carboxylic acids is 1. The minimum atomic E-state index is -4.70. The van der Waals surface area contributed by atoms with Crippen molar-refractivity contribution >= 4 is 17.3 Å². The maximum Gasteiger partial charge on any atom is 0.573 e. The number of nitrogens with one attached hydrogen (secondary N) is 2. The molecule has 2 aromatic rings. The van der Waals surface area contributed by atoms with Gasteiger partial charge in [0.15, 0.2) is 0 Å². The second-order valence-corrected chi connectivity index (χ2v) is 6.98. The smallest absolute Gasteiger partial charge is 0.406 e. The lowest BCUT2D eigenvalue weighted by Crippen LogP contribution is -2.33. The quantitative estimate of drug-likeness (QED) is 0.590. The molecule has 0 spiro atoms. The van der Waals surface area contributed by atoms with Crippen LogP contribution in [0.2, 0.25) is 0 Å². The molecule has 2 rings (SSSR count). The molecule has 0 aliphatic rings. The van der Waals surface area contributed by atoms with Crippen LogP contribution in [0.5, 0.6) is 5.75 Å². The SMILES string of the molecule is CCN(CC)CC(=O)Nc1c(C)ccc(NCc2ccc(OC(F)(F)F)cc2)c1C. The van der Waals surface area contributed by atoms with Gasteiger partial charge >= 0.3 is 6.36 Å².